The summed E-state index contributed by atoms with van der Waals surface area (Å²) < 4.78 is 2.22. The van der Waals surface area contributed by atoms with Crippen LogP contribution in [0.5, 0.6) is 0 Å². The van der Waals surface area contributed by atoms with Crippen molar-refractivity contribution in [3.05, 3.63) is 77.9 Å². The first-order chi connectivity index (χ1) is 12.6. The van der Waals surface area contributed by atoms with Crippen LogP contribution in [0.1, 0.15) is 11.1 Å². The number of anilines is 1. The number of aliphatic hydroxyl groups excluding tert-OH is 1. The molecule has 0 bridgehead atoms. The fraction of sp³-hybridized carbons (Fsp3) is 0.217. The Kier molecular flexibility index (Phi) is 4.39. The van der Waals surface area contributed by atoms with Crippen molar-refractivity contribution in [1.29, 1.82) is 0 Å². The first kappa shape index (κ1) is 16.7. The predicted molar refractivity (Wildman–Crippen MR) is 110 cm³/mol. The molecule has 4 rings (SSSR count). The molecule has 2 N–H and O–H groups in total. The Bertz CT molecular complexity index is 1010. The number of hydrogen-bond donors (Lipinski definition) is 2. The Morgan fingerprint density at radius 2 is 1.46 bits per heavy atom. The maximum atomic E-state index is 10.6. The average Bonchev–Trinajstić information content (AvgIpc) is 2.97. The van der Waals surface area contributed by atoms with Crippen LogP contribution in [0.2, 0.25) is 0 Å². The first-order valence-electron chi connectivity index (χ1n) is 9.08. The number of rotatable bonds is 5. The second kappa shape index (κ2) is 6.85. The molecule has 0 fully saturated rings. The molecule has 0 unspecified atom stereocenters. The van der Waals surface area contributed by atoms with Gasteiger partial charge in [-0.1, -0.05) is 42.5 Å². The van der Waals surface area contributed by atoms with Crippen LogP contribution < -0.4 is 5.32 Å². The molecule has 1 atom stereocenters. The SMILES string of the molecule is Cc1ccc(NC[C@@H](O)Cn2c3ccccc3c3ccccc32)cc1C. The Hall–Kier alpha value is -2.78. The molecule has 0 aliphatic rings. The molecular weight excluding hydrogens is 320 g/mol. The zero-order chi connectivity index (χ0) is 18.1. The first-order valence-corrected chi connectivity index (χ1v) is 9.08. The van der Waals surface area contributed by atoms with Crippen LogP contribution in [-0.2, 0) is 6.54 Å². The van der Waals surface area contributed by atoms with E-state index in [-0.39, 0.29) is 0 Å². The molecule has 3 nitrogen and oxygen atoms in total. The highest BCUT2D eigenvalue weighted by Crippen LogP contribution is 2.28. The van der Waals surface area contributed by atoms with E-state index in [1.807, 2.05) is 0 Å². The highest BCUT2D eigenvalue weighted by Gasteiger charge is 2.13. The Labute approximate surface area is 153 Å². The summed E-state index contributed by atoms with van der Waals surface area (Å²) >= 11 is 0. The van der Waals surface area contributed by atoms with Crippen LogP contribution in [0.15, 0.2) is 66.7 Å². The van der Waals surface area contributed by atoms with E-state index >= 15 is 0 Å². The van der Waals surface area contributed by atoms with Gasteiger partial charge in [-0.2, -0.15) is 0 Å². The van der Waals surface area contributed by atoms with Gasteiger partial charge in [0.2, 0.25) is 0 Å². The van der Waals surface area contributed by atoms with Gasteiger partial charge in [0.05, 0.1) is 12.6 Å². The van der Waals surface area contributed by atoms with Crippen molar-refractivity contribution in [2.45, 2.75) is 26.5 Å². The van der Waals surface area contributed by atoms with Gasteiger partial charge in [0.15, 0.2) is 0 Å². The molecule has 1 heterocycles. The Balaban J connectivity index is 1.57. The van der Waals surface area contributed by atoms with Crippen LogP contribution in [0.4, 0.5) is 5.69 Å². The molecule has 3 aromatic carbocycles. The monoisotopic (exact) mass is 344 g/mol. The number of aryl methyl sites for hydroxylation is 2. The van der Waals surface area contributed by atoms with E-state index in [0.717, 1.165) is 5.69 Å². The Morgan fingerprint density at radius 3 is 2.08 bits per heavy atom. The smallest absolute Gasteiger partial charge is 0.0891 e. The molecule has 1 aromatic heterocycles. The van der Waals surface area contributed by atoms with Gasteiger partial charge in [0.1, 0.15) is 0 Å². The van der Waals surface area contributed by atoms with Gasteiger partial charge in [0.25, 0.3) is 0 Å². The molecule has 0 spiro atoms. The van der Waals surface area contributed by atoms with Crippen LogP contribution >= 0.6 is 0 Å². The molecule has 0 aliphatic heterocycles. The minimum Gasteiger partial charge on any atom is -0.389 e. The van der Waals surface area contributed by atoms with E-state index in [2.05, 4.69) is 90.5 Å². The van der Waals surface area contributed by atoms with E-state index in [1.165, 1.54) is 32.9 Å². The third-order valence-electron chi connectivity index (χ3n) is 5.12. The maximum absolute atomic E-state index is 10.6. The van der Waals surface area contributed by atoms with E-state index in [4.69, 9.17) is 0 Å². The van der Waals surface area contributed by atoms with Crippen molar-refractivity contribution in [2.24, 2.45) is 0 Å². The van der Waals surface area contributed by atoms with Gasteiger partial charge in [-0.15, -0.1) is 0 Å². The van der Waals surface area contributed by atoms with Gasteiger partial charge in [-0.3, -0.25) is 0 Å². The second-order valence-corrected chi connectivity index (χ2v) is 6.98. The van der Waals surface area contributed by atoms with E-state index in [9.17, 15) is 5.11 Å². The quantitative estimate of drug-likeness (QED) is 0.541. The van der Waals surface area contributed by atoms with E-state index in [0.29, 0.717) is 13.1 Å². The molecule has 0 radical (unpaired) electrons. The average molecular weight is 344 g/mol. The predicted octanol–water partition coefficient (Wildman–Crippen LogP) is 4.88. The number of nitrogens with zero attached hydrogens (tertiary/aromatic N) is 1. The lowest BCUT2D eigenvalue weighted by Crippen LogP contribution is -2.24. The van der Waals surface area contributed by atoms with Gasteiger partial charge in [-0.05, 0) is 49.2 Å². The van der Waals surface area contributed by atoms with Gasteiger partial charge in [0, 0.05) is 34.0 Å². The Morgan fingerprint density at radius 1 is 0.846 bits per heavy atom. The van der Waals surface area contributed by atoms with Crippen molar-refractivity contribution in [3.8, 4) is 0 Å². The second-order valence-electron chi connectivity index (χ2n) is 6.98. The van der Waals surface area contributed by atoms with E-state index < -0.39 is 6.10 Å². The summed E-state index contributed by atoms with van der Waals surface area (Å²) in [5, 5.41) is 16.5. The van der Waals surface area contributed by atoms with Crippen molar-refractivity contribution in [3.63, 3.8) is 0 Å². The topological polar surface area (TPSA) is 37.2 Å². The molecule has 0 saturated heterocycles. The summed E-state index contributed by atoms with van der Waals surface area (Å²) in [5.41, 5.74) is 5.92. The number of nitrogens with one attached hydrogen (secondary N) is 1. The summed E-state index contributed by atoms with van der Waals surface area (Å²) in [6, 6.07) is 23.1. The van der Waals surface area contributed by atoms with Crippen molar-refractivity contribution >= 4 is 27.5 Å². The molecule has 3 heteroatoms. The number of benzene rings is 3. The summed E-state index contributed by atoms with van der Waals surface area (Å²) in [4.78, 5) is 0. The van der Waals surface area contributed by atoms with Crippen LogP contribution in [0, 0.1) is 13.8 Å². The fourth-order valence-corrected chi connectivity index (χ4v) is 3.56. The number of fused-ring (bicyclic) bond motifs is 3. The minimum absolute atomic E-state index is 0.476. The molecule has 132 valence electrons. The summed E-state index contributed by atoms with van der Waals surface area (Å²) in [6.07, 6.45) is -0.476. The van der Waals surface area contributed by atoms with Crippen LogP contribution in [0.25, 0.3) is 21.8 Å². The van der Waals surface area contributed by atoms with Gasteiger partial charge >= 0.3 is 0 Å². The van der Waals surface area contributed by atoms with Crippen LogP contribution in [0.3, 0.4) is 0 Å². The summed E-state index contributed by atoms with van der Waals surface area (Å²) in [7, 11) is 0. The lowest BCUT2D eigenvalue weighted by molar-refractivity contribution is 0.169. The van der Waals surface area contributed by atoms with Crippen molar-refractivity contribution in [1.82, 2.24) is 4.57 Å². The van der Waals surface area contributed by atoms with Crippen molar-refractivity contribution < 1.29 is 5.11 Å². The van der Waals surface area contributed by atoms with E-state index in [1.54, 1.807) is 0 Å². The molecule has 26 heavy (non-hydrogen) atoms. The normalized spacial score (nSPS) is 12.6. The third kappa shape index (κ3) is 3.06. The zero-order valence-corrected chi connectivity index (χ0v) is 15.2. The zero-order valence-electron chi connectivity index (χ0n) is 15.2. The third-order valence-corrected chi connectivity index (χ3v) is 5.12. The largest absolute Gasteiger partial charge is 0.389 e. The highest BCUT2D eigenvalue weighted by atomic mass is 16.3. The lowest BCUT2D eigenvalue weighted by atomic mass is 10.1. The van der Waals surface area contributed by atoms with Gasteiger partial charge < -0.3 is 15.0 Å². The summed E-state index contributed by atoms with van der Waals surface area (Å²) in [6.45, 7) is 5.29. The standard InChI is InChI=1S/C23H24N2O/c1-16-11-12-18(13-17(16)2)24-14-19(26)15-25-22-9-5-3-7-20(22)21-8-4-6-10-23(21)25/h3-13,19,24,26H,14-15H2,1-2H3/t19-/m1/s1. The summed E-state index contributed by atoms with van der Waals surface area (Å²) in [5.74, 6) is 0. The molecule has 0 amide bonds. The number of aromatic nitrogens is 1. The molecular formula is C23H24N2O. The van der Waals surface area contributed by atoms with Crippen LogP contribution in [-0.4, -0.2) is 22.3 Å². The molecule has 0 saturated carbocycles. The maximum Gasteiger partial charge on any atom is 0.0891 e. The lowest BCUT2D eigenvalue weighted by Gasteiger charge is -2.16. The molecule has 4 aromatic rings. The fourth-order valence-electron chi connectivity index (χ4n) is 3.56. The minimum atomic E-state index is -0.476. The number of aliphatic hydroxyl groups is 1. The number of para-hydroxylation sites is 2. The molecule has 0 aliphatic carbocycles. The van der Waals surface area contributed by atoms with Gasteiger partial charge in [-0.25, -0.2) is 0 Å². The number of hydrogen-bond acceptors (Lipinski definition) is 2. The highest BCUT2D eigenvalue weighted by molar-refractivity contribution is 6.07. The van der Waals surface area contributed by atoms with Crippen molar-refractivity contribution in [2.75, 3.05) is 11.9 Å².